The molecule has 2 rings (SSSR count). The molecule has 1 aliphatic rings. The number of aromatic hydroxyl groups is 1. The number of rotatable bonds is 3. The predicted octanol–water partition coefficient (Wildman–Crippen LogP) is 0.142. The van der Waals surface area contributed by atoms with Gasteiger partial charge in [0.05, 0.1) is 12.2 Å². The van der Waals surface area contributed by atoms with Crippen molar-refractivity contribution in [3.05, 3.63) is 29.8 Å². The Morgan fingerprint density at radius 1 is 1.17 bits per heavy atom. The number of phenols is 1. The summed E-state index contributed by atoms with van der Waals surface area (Å²) in [7, 11) is 0. The van der Waals surface area contributed by atoms with Gasteiger partial charge < -0.3 is 15.1 Å². The Labute approximate surface area is 106 Å². The van der Waals surface area contributed by atoms with E-state index in [0.717, 1.165) is 13.1 Å². The van der Waals surface area contributed by atoms with Crippen molar-refractivity contribution in [3.63, 3.8) is 0 Å². The van der Waals surface area contributed by atoms with Crippen LogP contribution in [0.2, 0.25) is 0 Å². The van der Waals surface area contributed by atoms with Gasteiger partial charge in [-0.25, -0.2) is 0 Å². The van der Waals surface area contributed by atoms with Crippen molar-refractivity contribution in [2.24, 2.45) is 0 Å². The second-order valence-electron chi connectivity index (χ2n) is 4.37. The van der Waals surface area contributed by atoms with E-state index in [2.05, 4.69) is 4.90 Å². The van der Waals surface area contributed by atoms with Crippen molar-refractivity contribution < 1.29 is 15.0 Å². The zero-order valence-corrected chi connectivity index (χ0v) is 10.2. The van der Waals surface area contributed by atoms with E-state index in [0.29, 0.717) is 25.2 Å². The standard InChI is InChI=1S/C13H18N2O3/c16-10-9-14-5-7-15(8-6-14)13(18)11-3-1-2-4-12(11)17/h1-4,16-17H,5-10H2. The monoisotopic (exact) mass is 250 g/mol. The lowest BCUT2D eigenvalue weighted by Gasteiger charge is -2.34. The molecule has 0 saturated carbocycles. The Morgan fingerprint density at radius 2 is 1.83 bits per heavy atom. The zero-order valence-electron chi connectivity index (χ0n) is 10.2. The van der Waals surface area contributed by atoms with Crippen LogP contribution >= 0.6 is 0 Å². The highest BCUT2D eigenvalue weighted by atomic mass is 16.3. The largest absolute Gasteiger partial charge is 0.507 e. The van der Waals surface area contributed by atoms with Crippen molar-refractivity contribution in [2.45, 2.75) is 0 Å². The highest BCUT2D eigenvalue weighted by molar-refractivity contribution is 5.96. The molecule has 18 heavy (non-hydrogen) atoms. The number of para-hydroxylation sites is 1. The van der Waals surface area contributed by atoms with Crippen molar-refractivity contribution >= 4 is 5.91 Å². The minimum atomic E-state index is -0.128. The first-order chi connectivity index (χ1) is 8.72. The summed E-state index contributed by atoms with van der Waals surface area (Å²) in [5, 5.41) is 18.5. The topological polar surface area (TPSA) is 64.0 Å². The molecule has 98 valence electrons. The summed E-state index contributed by atoms with van der Waals surface area (Å²) in [6.45, 7) is 3.59. The zero-order chi connectivity index (χ0) is 13.0. The fourth-order valence-electron chi connectivity index (χ4n) is 2.14. The van der Waals surface area contributed by atoms with Gasteiger partial charge in [-0.1, -0.05) is 12.1 Å². The SMILES string of the molecule is O=C(c1ccccc1O)N1CCN(CCO)CC1. The van der Waals surface area contributed by atoms with E-state index >= 15 is 0 Å². The third kappa shape index (κ3) is 2.80. The maximum absolute atomic E-state index is 12.2. The Bertz CT molecular complexity index is 414. The maximum Gasteiger partial charge on any atom is 0.257 e. The fraction of sp³-hybridized carbons (Fsp3) is 0.462. The van der Waals surface area contributed by atoms with Crippen LogP contribution < -0.4 is 0 Å². The van der Waals surface area contributed by atoms with Crippen LogP contribution in [0.1, 0.15) is 10.4 Å². The first kappa shape index (κ1) is 12.9. The van der Waals surface area contributed by atoms with Crippen LogP contribution in [0.25, 0.3) is 0 Å². The molecule has 2 N–H and O–H groups in total. The van der Waals surface area contributed by atoms with E-state index in [4.69, 9.17) is 5.11 Å². The van der Waals surface area contributed by atoms with Gasteiger partial charge in [-0.05, 0) is 12.1 Å². The van der Waals surface area contributed by atoms with E-state index < -0.39 is 0 Å². The molecule has 1 heterocycles. The van der Waals surface area contributed by atoms with Crippen molar-refractivity contribution in [2.75, 3.05) is 39.3 Å². The average molecular weight is 250 g/mol. The van der Waals surface area contributed by atoms with E-state index in [9.17, 15) is 9.90 Å². The second kappa shape index (κ2) is 5.84. The highest BCUT2D eigenvalue weighted by Crippen LogP contribution is 2.18. The first-order valence-corrected chi connectivity index (χ1v) is 6.13. The molecule has 0 unspecified atom stereocenters. The van der Waals surface area contributed by atoms with Crippen LogP contribution in [-0.2, 0) is 0 Å². The Hall–Kier alpha value is -1.59. The molecule has 0 atom stereocenters. The fourth-order valence-corrected chi connectivity index (χ4v) is 2.14. The number of piperazine rings is 1. The normalized spacial score (nSPS) is 16.8. The molecule has 0 radical (unpaired) electrons. The lowest BCUT2D eigenvalue weighted by molar-refractivity contribution is 0.0612. The quantitative estimate of drug-likeness (QED) is 0.801. The lowest BCUT2D eigenvalue weighted by atomic mass is 10.1. The average Bonchev–Trinajstić information content (AvgIpc) is 2.40. The van der Waals surface area contributed by atoms with Gasteiger partial charge in [-0.2, -0.15) is 0 Å². The highest BCUT2D eigenvalue weighted by Gasteiger charge is 2.23. The molecule has 1 saturated heterocycles. The molecule has 1 fully saturated rings. The van der Waals surface area contributed by atoms with E-state index in [1.807, 2.05) is 0 Å². The number of aliphatic hydroxyl groups is 1. The van der Waals surface area contributed by atoms with Crippen LogP contribution in [-0.4, -0.2) is 65.3 Å². The number of aliphatic hydroxyl groups excluding tert-OH is 1. The van der Waals surface area contributed by atoms with Gasteiger partial charge in [0.25, 0.3) is 5.91 Å². The lowest BCUT2D eigenvalue weighted by Crippen LogP contribution is -2.49. The summed E-state index contributed by atoms with van der Waals surface area (Å²) in [4.78, 5) is 16.0. The second-order valence-corrected chi connectivity index (χ2v) is 4.37. The molecular weight excluding hydrogens is 232 g/mol. The van der Waals surface area contributed by atoms with Gasteiger partial charge in [0.15, 0.2) is 0 Å². The molecule has 0 aliphatic carbocycles. The van der Waals surface area contributed by atoms with Gasteiger partial charge in [-0.15, -0.1) is 0 Å². The van der Waals surface area contributed by atoms with Crippen molar-refractivity contribution in [1.29, 1.82) is 0 Å². The molecule has 1 amide bonds. The maximum atomic E-state index is 12.2. The number of phenolic OH excluding ortho intramolecular Hbond substituents is 1. The summed E-state index contributed by atoms with van der Waals surface area (Å²) < 4.78 is 0. The molecule has 1 aliphatic heterocycles. The van der Waals surface area contributed by atoms with E-state index in [-0.39, 0.29) is 18.3 Å². The minimum Gasteiger partial charge on any atom is -0.507 e. The molecule has 1 aromatic rings. The molecular formula is C13H18N2O3. The van der Waals surface area contributed by atoms with Gasteiger partial charge in [-0.3, -0.25) is 9.69 Å². The van der Waals surface area contributed by atoms with Gasteiger partial charge in [0, 0.05) is 32.7 Å². The molecule has 0 bridgehead atoms. The predicted molar refractivity (Wildman–Crippen MR) is 67.5 cm³/mol. The number of carbonyl (C=O) groups excluding carboxylic acids is 1. The number of benzene rings is 1. The summed E-state index contributed by atoms with van der Waals surface area (Å²) in [6.07, 6.45) is 0. The number of β-amino-alcohol motifs (C(OH)–C–C–N with tert-alkyl or cyclic N) is 1. The smallest absolute Gasteiger partial charge is 0.257 e. The molecule has 0 spiro atoms. The molecule has 5 nitrogen and oxygen atoms in total. The van der Waals surface area contributed by atoms with Crippen LogP contribution in [0.3, 0.4) is 0 Å². The van der Waals surface area contributed by atoms with E-state index in [1.165, 1.54) is 6.07 Å². The van der Waals surface area contributed by atoms with Gasteiger partial charge >= 0.3 is 0 Å². The summed E-state index contributed by atoms with van der Waals surface area (Å²) in [5.74, 6) is -0.1000. The summed E-state index contributed by atoms with van der Waals surface area (Å²) in [5.41, 5.74) is 0.355. The number of carbonyl (C=O) groups is 1. The van der Waals surface area contributed by atoms with Crippen LogP contribution in [0.4, 0.5) is 0 Å². The van der Waals surface area contributed by atoms with Crippen molar-refractivity contribution in [1.82, 2.24) is 9.80 Å². The molecule has 1 aromatic carbocycles. The Morgan fingerprint density at radius 3 is 2.44 bits per heavy atom. The third-order valence-electron chi connectivity index (χ3n) is 3.21. The van der Waals surface area contributed by atoms with Gasteiger partial charge in [0.2, 0.25) is 0 Å². The Kier molecular flexibility index (Phi) is 4.17. The van der Waals surface area contributed by atoms with Crippen molar-refractivity contribution in [3.8, 4) is 5.75 Å². The van der Waals surface area contributed by atoms with Crippen LogP contribution in [0.15, 0.2) is 24.3 Å². The molecule has 5 heteroatoms. The van der Waals surface area contributed by atoms with Crippen LogP contribution in [0, 0.1) is 0 Å². The summed E-state index contributed by atoms with van der Waals surface area (Å²) in [6, 6.07) is 6.60. The first-order valence-electron chi connectivity index (χ1n) is 6.13. The van der Waals surface area contributed by atoms with E-state index in [1.54, 1.807) is 23.1 Å². The Balaban J connectivity index is 1.98. The number of nitrogens with zero attached hydrogens (tertiary/aromatic N) is 2. The minimum absolute atomic E-state index is 0.0280. The summed E-state index contributed by atoms with van der Waals surface area (Å²) >= 11 is 0. The van der Waals surface area contributed by atoms with Crippen LogP contribution in [0.5, 0.6) is 5.75 Å². The number of amides is 1. The molecule has 0 aromatic heterocycles. The number of hydrogen-bond acceptors (Lipinski definition) is 4. The number of hydrogen-bond donors (Lipinski definition) is 2. The third-order valence-corrected chi connectivity index (χ3v) is 3.21. The van der Waals surface area contributed by atoms with Gasteiger partial charge in [0.1, 0.15) is 5.75 Å².